The molecule has 3 amide bonds. The van der Waals surface area contributed by atoms with Crippen LogP contribution < -0.4 is 15.5 Å². The van der Waals surface area contributed by atoms with Crippen molar-refractivity contribution < 1.29 is 32.1 Å². The number of amides is 3. The van der Waals surface area contributed by atoms with Crippen molar-refractivity contribution in [2.45, 2.75) is 12.7 Å². The van der Waals surface area contributed by atoms with E-state index in [4.69, 9.17) is 4.42 Å². The molecular weight excluding hydrogens is 435 g/mol. The summed E-state index contributed by atoms with van der Waals surface area (Å²) in [7, 11) is 0. The number of halogens is 3. The summed E-state index contributed by atoms with van der Waals surface area (Å²) in [4.78, 5) is 37.6. The van der Waals surface area contributed by atoms with Crippen molar-refractivity contribution in [1.82, 2.24) is 15.5 Å². The van der Waals surface area contributed by atoms with Crippen LogP contribution in [0.15, 0.2) is 41.0 Å². The van der Waals surface area contributed by atoms with Crippen LogP contribution in [-0.4, -0.2) is 54.5 Å². The molecule has 2 N–H and O–H groups in total. The summed E-state index contributed by atoms with van der Waals surface area (Å²) in [5.41, 5.74) is -1.63. The Labute approximate surface area is 180 Å². The van der Waals surface area contributed by atoms with E-state index in [2.05, 4.69) is 10.6 Å². The van der Waals surface area contributed by atoms with Gasteiger partial charge in [0.1, 0.15) is 11.4 Å². The van der Waals surface area contributed by atoms with Crippen LogP contribution in [0.4, 0.5) is 29.3 Å². The standard InChI is InChI=1S/C19H20F3N5O5/c20-19(21,22)13-3-4-15(16(10-13)27(30)31)26-7-5-25(6-8-26)12-17(28)24-18(29)23-11-14-2-1-9-32-14/h1-4,9-10H,5-8,11-12H2,(H2,23,24,28,29). The molecule has 2 heterocycles. The van der Waals surface area contributed by atoms with Gasteiger partial charge in [-0.1, -0.05) is 0 Å². The lowest BCUT2D eigenvalue weighted by molar-refractivity contribution is -0.384. The number of furan rings is 1. The molecule has 0 spiro atoms. The Hall–Kier alpha value is -3.61. The number of urea groups is 1. The maximum absolute atomic E-state index is 12.9. The number of rotatable bonds is 6. The normalized spacial score (nSPS) is 14.8. The smallest absolute Gasteiger partial charge is 0.416 e. The first-order valence-corrected chi connectivity index (χ1v) is 9.56. The van der Waals surface area contributed by atoms with Crippen LogP contribution in [0, 0.1) is 10.1 Å². The molecule has 2 aromatic rings. The van der Waals surface area contributed by atoms with Gasteiger partial charge in [-0.15, -0.1) is 0 Å². The fourth-order valence-corrected chi connectivity index (χ4v) is 3.25. The first kappa shape index (κ1) is 23.1. The van der Waals surface area contributed by atoms with Crippen LogP contribution in [0.3, 0.4) is 0 Å². The Morgan fingerprint density at radius 3 is 2.47 bits per heavy atom. The molecule has 1 aromatic carbocycles. The Morgan fingerprint density at radius 1 is 1.16 bits per heavy atom. The van der Waals surface area contributed by atoms with Crippen LogP contribution in [0.1, 0.15) is 11.3 Å². The zero-order valence-electron chi connectivity index (χ0n) is 16.7. The fourth-order valence-electron chi connectivity index (χ4n) is 3.25. The van der Waals surface area contributed by atoms with E-state index in [0.29, 0.717) is 24.9 Å². The van der Waals surface area contributed by atoms with Crippen LogP contribution in [0.2, 0.25) is 0 Å². The number of nitrogens with one attached hydrogen (secondary N) is 2. The van der Waals surface area contributed by atoms with E-state index in [-0.39, 0.29) is 31.9 Å². The molecule has 1 saturated heterocycles. The number of nitrogens with zero attached hydrogens (tertiary/aromatic N) is 3. The molecule has 1 aliphatic heterocycles. The zero-order valence-corrected chi connectivity index (χ0v) is 16.7. The van der Waals surface area contributed by atoms with Crippen LogP contribution in [-0.2, 0) is 17.5 Å². The van der Waals surface area contributed by atoms with Gasteiger partial charge >= 0.3 is 12.2 Å². The molecule has 0 atom stereocenters. The molecule has 10 nitrogen and oxygen atoms in total. The molecule has 3 rings (SSSR count). The van der Waals surface area contributed by atoms with E-state index in [1.54, 1.807) is 21.9 Å². The Balaban J connectivity index is 1.51. The van der Waals surface area contributed by atoms with Gasteiger partial charge in [0.25, 0.3) is 5.69 Å². The Kier molecular flexibility index (Phi) is 6.98. The minimum atomic E-state index is -4.68. The van der Waals surface area contributed by atoms with E-state index in [9.17, 15) is 32.9 Å². The highest BCUT2D eigenvalue weighted by Gasteiger charge is 2.34. The van der Waals surface area contributed by atoms with Gasteiger partial charge in [-0.25, -0.2) is 4.79 Å². The average Bonchev–Trinajstić information content (AvgIpc) is 3.25. The van der Waals surface area contributed by atoms with Crippen LogP contribution >= 0.6 is 0 Å². The lowest BCUT2D eigenvalue weighted by atomic mass is 10.1. The number of carbonyl (C=O) groups excluding carboxylic acids is 2. The summed E-state index contributed by atoms with van der Waals surface area (Å²) in [5, 5.41) is 16.0. The van der Waals surface area contributed by atoms with Crippen molar-refractivity contribution in [2.24, 2.45) is 0 Å². The third-order valence-electron chi connectivity index (χ3n) is 4.84. The van der Waals surface area contributed by atoms with E-state index in [0.717, 1.165) is 12.1 Å². The number of alkyl halides is 3. The molecule has 1 fully saturated rings. The molecule has 1 aromatic heterocycles. The topological polar surface area (TPSA) is 121 Å². The Morgan fingerprint density at radius 2 is 1.88 bits per heavy atom. The highest BCUT2D eigenvalue weighted by molar-refractivity contribution is 5.95. The number of imide groups is 1. The summed E-state index contributed by atoms with van der Waals surface area (Å²) in [6.45, 7) is 1.25. The third-order valence-corrected chi connectivity index (χ3v) is 4.84. The van der Waals surface area contributed by atoms with Crippen molar-refractivity contribution in [1.29, 1.82) is 0 Å². The minimum absolute atomic E-state index is 0.0723. The first-order chi connectivity index (χ1) is 15.1. The second-order valence-corrected chi connectivity index (χ2v) is 7.03. The van der Waals surface area contributed by atoms with Gasteiger partial charge in [-0.2, -0.15) is 13.2 Å². The van der Waals surface area contributed by atoms with Crippen molar-refractivity contribution in [3.8, 4) is 0 Å². The van der Waals surface area contributed by atoms with E-state index in [1.165, 1.54) is 6.26 Å². The van der Waals surface area contributed by atoms with Crippen molar-refractivity contribution in [3.63, 3.8) is 0 Å². The van der Waals surface area contributed by atoms with E-state index in [1.807, 2.05) is 0 Å². The number of nitro benzene ring substituents is 1. The second-order valence-electron chi connectivity index (χ2n) is 7.03. The molecule has 0 radical (unpaired) electrons. The highest BCUT2D eigenvalue weighted by Crippen LogP contribution is 2.36. The summed E-state index contributed by atoms with van der Waals surface area (Å²) < 4.78 is 43.7. The maximum Gasteiger partial charge on any atom is 0.416 e. The number of hydrogen-bond donors (Lipinski definition) is 2. The largest absolute Gasteiger partial charge is 0.467 e. The average molecular weight is 455 g/mol. The van der Waals surface area contributed by atoms with Crippen LogP contribution in [0.25, 0.3) is 0 Å². The van der Waals surface area contributed by atoms with Gasteiger partial charge in [-0.3, -0.25) is 25.1 Å². The number of nitro groups is 1. The lowest BCUT2D eigenvalue weighted by Crippen LogP contribution is -2.51. The quantitative estimate of drug-likeness (QED) is 0.507. The van der Waals surface area contributed by atoms with Gasteiger partial charge in [0.2, 0.25) is 5.91 Å². The number of carbonyl (C=O) groups is 2. The monoisotopic (exact) mass is 455 g/mol. The van der Waals surface area contributed by atoms with Crippen LogP contribution in [0.5, 0.6) is 0 Å². The highest BCUT2D eigenvalue weighted by atomic mass is 19.4. The number of anilines is 1. The number of piperazine rings is 1. The summed E-state index contributed by atoms with van der Waals surface area (Å²) in [6, 6.07) is 5.08. The molecule has 32 heavy (non-hydrogen) atoms. The molecule has 13 heteroatoms. The molecular formula is C19H20F3N5O5. The molecule has 172 valence electrons. The summed E-state index contributed by atoms with van der Waals surface area (Å²) in [6.07, 6.45) is -3.22. The predicted octanol–water partition coefficient (Wildman–Crippen LogP) is 2.35. The molecule has 0 saturated carbocycles. The second kappa shape index (κ2) is 9.68. The van der Waals surface area contributed by atoms with E-state index < -0.39 is 34.3 Å². The minimum Gasteiger partial charge on any atom is -0.467 e. The summed E-state index contributed by atoms with van der Waals surface area (Å²) >= 11 is 0. The molecule has 0 aliphatic carbocycles. The lowest BCUT2D eigenvalue weighted by Gasteiger charge is -2.35. The van der Waals surface area contributed by atoms with Gasteiger partial charge in [0, 0.05) is 32.2 Å². The maximum atomic E-state index is 12.9. The van der Waals surface area contributed by atoms with Gasteiger partial charge in [-0.05, 0) is 24.3 Å². The molecule has 0 bridgehead atoms. The third kappa shape index (κ3) is 5.97. The number of benzene rings is 1. The van der Waals surface area contributed by atoms with Crippen molar-refractivity contribution in [3.05, 3.63) is 58.0 Å². The predicted molar refractivity (Wildman–Crippen MR) is 106 cm³/mol. The summed E-state index contributed by atoms with van der Waals surface area (Å²) in [5.74, 6) is -0.00279. The van der Waals surface area contributed by atoms with Crippen molar-refractivity contribution in [2.75, 3.05) is 37.6 Å². The molecule has 1 aliphatic rings. The van der Waals surface area contributed by atoms with Crippen molar-refractivity contribution >= 4 is 23.3 Å². The van der Waals surface area contributed by atoms with E-state index >= 15 is 0 Å². The van der Waals surface area contributed by atoms with Gasteiger partial charge in [0.05, 0.1) is 29.8 Å². The van der Waals surface area contributed by atoms with Gasteiger partial charge < -0.3 is 14.6 Å². The SMILES string of the molecule is O=C(CN1CCN(c2ccc(C(F)(F)F)cc2[N+](=O)[O-])CC1)NC(=O)NCc1ccco1. The Bertz CT molecular complexity index is 972. The van der Waals surface area contributed by atoms with Gasteiger partial charge in [0.15, 0.2) is 0 Å². The zero-order chi connectivity index (χ0) is 23.3. The molecule has 0 unspecified atom stereocenters. The first-order valence-electron chi connectivity index (χ1n) is 9.56. The number of hydrogen-bond acceptors (Lipinski definition) is 7. The fraction of sp³-hybridized carbons (Fsp3) is 0.368.